The molecule has 0 bridgehead atoms. The fraction of sp³-hybridized carbons (Fsp3) is 0.211. The number of hydrogen-bond donors (Lipinski definition) is 2. The molecule has 0 amide bonds. The Hall–Kier alpha value is -2.65. The molecule has 1 atom stereocenters. The van der Waals surface area contributed by atoms with Crippen molar-refractivity contribution in [2.45, 2.75) is 23.5 Å². The molecule has 0 saturated heterocycles. The van der Waals surface area contributed by atoms with E-state index in [-0.39, 0.29) is 4.90 Å². The summed E-state index contributed by atoms with van der Waals surface area (Å²) in [5.41, 5.74) is 7.39. The topological polar surface area (TPSA) is 87.2 Å². The number of benzene rings is 2. The molecular weight excluding hydrogens is 391 g/mol. The summed E-state index contributed by atoms with van der Waals surface area (Å²) in [5, 5.41) is 7.69. The van der Waals surface area contributed by atoms with Crippen LogP contribution in [0.25, 0.3) is 0 Å². The Morgan fingerprint density at radius 3 is 2.32 bits per heavy atom. The summed E-state index contributed by atoms with van der Waals surface area (Å²) in [6, 6.07) is 9.64. The molecule has 1 aliphatic carbocycles. The van der Waals surface area contributed by atoms with Gasteiger partial charge in [-0.25, -0.2) is 8.42 Å². The predicted octanol–water partition coefficient (Wildman–Crippen LogP) is 3.49. The second-order valence-electron chi connectivity index (χ2n) is 6.45. The first-order chi connectivity index (χ1) is 13.1. The molecule has 0 heterocycles. The van der Waals surface area contributed by atoms with Crippen LogP contribution in [-0.2, 0) is 22.6 Å². The van der Waals surface area contributed by atoms with Crippen LogP contribution in [0.4, 0.5) is 13.2 Å². The minimum Gasteiger partial charge on any atom is -0.401 e. The van der Waals surface area contributed by atoms with Gasteiger partial charge in [-0.15, -0.1) is 0 Å². The number of sulfonamides is 1. The van der Waals surface area contributed by atoms with Crippen molar-refractivity contribution in [1.29, 1.82) is 5.41 Å². The van der Waals surface area contributed by atoms with Crippen molar-refractivity contribution in [2.24, 2.45) is 5.73 Å². The van der Waals surface area contributed by atoms with Crippen LogP contribution < -0.4 is 5.73 Å². The second kappa shape index (κ2) is 7.06. The molecule has 5 nitrogen and oxygen atoms in total. The number of nitrogens with zero attached hydrogens (tertiary/aromatic N) is 1. The molecule has 0 spiro atoms. The first-order valence-electron chi connectivity index (χ1n) is 8.29. The normalized spacial score (nSPS) is 17.5. The van der Waals surface area contributed by atoms with E-state index in [0.717, 1.165) is 40.3 Å². The van der Waals surface area contributed by atoms with Gasteiger partial charge in [0.05, 0.1) is 16.5 Å². The number of rotatable bonds is 4. The fourth-order valence-electron chi connectivity index (χ4n) is 3.30. The minimum atomic E-state index is -4.55. The molecule has 0 fully saturated rings. The molecule has 0 saturated carbocycles. The average Bonchev–Trinajstić information content (AvgIpc) is 2.65. The Kier molecular flexibility index (Phi) is 5.07. The van der Waals surface area contributed by atoms with E-state index in [4.69, 9.17) is 11.1 Å². The standard InChI is InChI=1S/C19H18F3N3O2S/c1-25(28(26,27)14-8-6-13(7-9-14)19(20,21)22)18-15-5-3-2-4-12(15)10-17(24)16(18)11-23/h2-9,11,18,23H,10,24H2,1H3. The zero-order chi connectivity index (χ0) is 20.7. The molecule has 2 aromatic carbocycles. The zero-order valence-electron chi connectivity index (χ0n) is 14.9. The molecule has 9 heteroatoms. The highest BCUT2D eigenvalue weighted by atomic mass is 32.2. The summed E-state index contributed by atoms with van der Waals surface area (Å²) >= 11 is 0. The van der Waals surface area contributed by atoms with E-state index >= 15 is 0 Å². The van der Waals surface area contributed by atoms with Crippen molar-refractivity contribution >= 4 is 16.2 Å². The van der Waals surface area contributed by atoms with E-state index in [0.29, 0.717) is 23.3 Å². The first-order valence-corrected chi connectivity index (χ1v) is 9.73. The number of allylic oxidation sites excluding steroid dienone is 1. The van der Waals surface area contributed by atoms with Gasteiger partial charge >= 0.3 is 6.18 Å². The van der Waals surface area contributed by atoms with Crippen molar-refractivity contribution in [3.8, 4) is 0 Å². The number of nitrogens with two attached hydrogens (primary N) is 1. The van der Waals surface area contributed by atoms with Gasteiger partial charge in [0.25, 0.3) is 0 Å². The maximum atomic E-state index is 13.1. The van der Waals surface area contributed by atoms with E-state index in [1.807, 2.05) is 12.1 Å². The minimum absolute atomic E-state index is 0.269. The molecular formula is C19H18F3N3O2S. The maximum Gasteiger partial charge on any atom is 0.416 e. The third-order valence-electron chi connectivity index (χ3n) is 4.77. The molecule has 148 valence electrons. The molecule has 0 radical (unpaired) electrons. The van der Waals surface area contributed by atoms with Crippen molar-refractivity contribution in [3.05, 3.63) is 76.5 Å². The molecule has 3 N–H and O–H groups in total. The number of nitrogens with one attached hydrogen (secondary N) is 1. The lowest BCUT2D eigenvalue weighted by atomic mass is 9.86. The van der Waals surface area contributed by atoms with Gasteiger partial charge in [0.2, 0.25) is 10.0 Å². The van der Waals surface area contributed by atoms with E-state index < -0.39 is 27.8 Å². The summed E-state index contributed by atoms with van der Waals surface area (Å²) in [4.78, 5) is -0.269. The monoisotopic (exact) mass is 409 g/mol. The first kappa shape index (κ1) is 20.1. The van der Waals surface area contributed by atoms with Crippen LogP contribution in [0.2, 0.25) is 0 Å². The lowest BCUT2D eigenvalue weighted by Gasteiger charge is -2.34. The quantitative estimate of drug-likeness (QED) is 0.758. The Labute approximate surface area is 160 Å². The summed E-state index contributed by atoms with van der Waals surface area (Å²) in [6.07, 6.45) is -3.14. The Morgan fingerprint density at radius 1 is 1.14 bits per heavy atom. The smallest absolute Gasteiger partial charge is 0.401 e. The molecule has 3 rings (SSSR count). The van der Waals surface area contributed by atoms with Gasteiger partial charge in [-0.05, 0) is 35.4 Å². The molecule has 0 aliphatic heterocycles. The van der Waals surface area contributed by atoms with Crippen molar-refractivity contribution < 1.29 is 21.6 Å². The number of likely N-dealkylation sites (N-methyl/N-ethyl adjacent to an activating group) is 1. The van der Waals surface area contributed by atoms with Gasteiger partial charge in [-0.3, -0.25) is 0 Å². The lowest BCUT2D eigenvalue weighted by Crippen LogP contribution is -2.36. The van der Waals surface area contributed by atoms with Crippen molar-refractivity contribution in [1.82, 2.24) is 4.31 Å². The molecule has 2 aromatic rings. The summed E-state index contributed by atoms with van der Waals surface area (Å²) in [5.74, 6) is 0. The summed E-state index contributed by atoms with van der Waals surface area (Å²) < 4.78 is 65.5. The highest BCUT2D eigenvalue weighted by molar-refractivity contribution is 7.89. The average molecular weight is 409 g/mol. The zero-order valence-corrected chi connectivity index (χ0v) is 15.7. The number of alkyl halides is 3. The van der Waals surface area contributed by atoms with E-state index in [9.17, 15) is 21.6 Å². The Bertz CT molecular complexity index is 1040. The van der Waals surface area contributed by atoms with Gasteiger partial charge in [0, 0.05) is 31.0 Å². The van der Waals surface area contributed by atoms with Crippen LogP contribution in [-0.4, -0.2) is 26.0 Å². The number of hydrogen-bond acceptors (Lipinski definition) is 4. The fourth-order valence-corrected chi connectivity index (χ4v) is 4.61. The van der Waals surface area contributed by atoms with Crippen molar-refractivity contribution in [3.63, 3.8) is 0 Å². The second-order valence-corrected chi connectivity index (χ2v) is 8.44. The molecule has 1 unspecified atom stereocenters. The maximum absolute atomic E-state index is 13.1. The van der Waals surface area contributed by atoms with Crippen LogP contribution >= 0.6 is 0 Å². The number of halogens is 3. The SMILES string of the molecule is CN(C1C(C=N)=C(N)Cc2ccccc21)S(=O)(=O)c1ccc(C(F)(F)F)cc1. The highest BCUT2D eigenvalue weighted by Gasteiger charge is 2.36. The Balaban J connectivity index is 2.07. The van der Waals surface area contributed by atoms with Crippen molar-refractivity contribution in [2.75, 3.05) is 7.05 Å². The van der Waals surface area contributed by atoms with Gasteiger partial charge in [-0.2, -0.15) is 17.5 Å². The molecule has 1 aliphatic rings. The summed E-state index contributed by atoms with van der Waals surface area (Å²) in [7, 11) is -2.81. The van der Waals surface area contributed by atoms with Crippen LogP contribution in [0.5, 0.6) is 0 Å². The van der Waals surface area contributed by atoms with Gasteiger partial charge in [0.1, 0.15) is 0 Å². The van der Waals surface area contributed by atoms with Crippen LogP contribution in [0, 0.1) is 5.41 Å². The molecule has 0 aromatic heterocycles. The molecule has 28 heavy (non-hydrogen) atoms. The van der Waals surface area contributed by atoms with Gasteiger partial charge < -0.3 is 11.1 Å². The van der Waals surface area contributed by atoms with Gasteiger partial charge in [-0.1, -0.05) is 24.3 Å². The highest BCUT2D eigenvalue weighted by Crippen LogP contribution is 2.38. The third-order valence-corrected chi connectivity index (χ3v) is 6.61. The van der Waals surface area contributed by atoms with E-state index in [2.05, 4.69) is 0 Å². The van der Waals surface area contributed by atoms with Crippen LogP contribution in [0.1, 0.15) is 22.7 Å². The largest absolute Gasteiger partial charge is 0.416 e. The lowest BCUT2D eigenvalue weighted by molar-refractivity contribution is -0.137. The number of fused-ring (bicyclic) bond motifs is 1. The predicted molar refractivity (Wildman–Crippen MR) is 99.3 cm³/mol. The summed E-state index contributed by atoms with van der Waals surface area (Å²) in [6.45, 7) is 0. The van der Waals surface area contributed by atoms with Crippen LogP contribution in [0.15, 0.2) is 64.7 Å². The van der Waals surface area contributed by atoms with Crippen LogP contribution in [0.3, 0.4) is 0 Å². The third kappa shape index (κ3) is 3.43. The van der Waals surface area contributed by atoms with Gasteiger partial charge in [0.15, 0.2) is 0 Å². The Morgan fingerprint density at radius 2 is 1.75 bits per heavy atom. The van der Waals surface area contributed by atoms with E-state index in [1.54, 1.807) is 12.1 Å². The van der Waals surface area contributed by atoms with E-state index in [1.165, 1.54) is 7.05 Å².